The lowest BCUT2D eigenvalue weighted by Gasteiger charge is -2.35. The van der Waals surface area contributed by atoms with E-state index in [4.69, 9.17) is 4.74 Å². The monoisotopic (exact) mass is 283 g/mol. The maximum absolute atomic E-state index is 11.7. The molecule has 0 bridgehead atoms. The van der Waals surface area contributed by atoms with Crippen LogP contribution in [0.2, 0.25) is 0 Å². The molecule has 0 aromatic carbocycles. The Morgan fingerprint density at radius 1 is 1.35 bits per heavy atom. The van der Waals surface area contributed by atoms with E-state index in [-0.39, 0.29) is 11.9 Å². The molecule has 2 saturated carbocycles. The molecule has 4 nitrogen and oxygen atoms in total. The molecule has 0 aromatic rings. The van der Waals surface area contributed by atoms with Crippen molar-refractivity contribution in [2.75, 3.05) is 13.2 Å². The average Bonchev–Trinajstić information content (AvgIpc) is 3.17. The third-order valence-electron chi connectivity index (χ3n) is 4.81. The molecule has 0 aliphatic heterocycles. The second-order valence-electron chi connectivity index (χ2n) is 6.52. The summed E-state index contributed by atoms with van der Waals surface area (Å²) in [6.07, 6.45) is 6.70. The van der Waals surface area contributed by atoms with E-state index in [1.807, 2.05) is 6.92 Å². The quantitative estimate of drug-likeness (QED) is 0.704. The lowest BCUT2D eigenvalue weighted by Crippen LogP contribution is -2.45. The minimum absolute atomic E-state index is 0.0102. The van der Waals surface area contributed by atoms with Crippen molar-refractivity contribution in [1.29, 1.82) is 0 Å². The van der Waals surface area contributed by atoms with Gasteiger partial charge in [0, 0.05) is 12.6 Å². The summed E-state index contributed by atoms with van der Waals surface area (Å²) in [6.45, 7) is 5.18. The molecule has 0 amide bonds. The molecule has 2 unspecified atom stereocenters. The normalized spacial score (nSPS) is 36.6. The fourth-order valence-corrected chi connectivity index (χ4v) is 3.34. The molecule has 0 aromatic heterocycles. The van der Waals surface area contributed by atoms with E-state index >= 15 is 0 Å². The zero-order valence-corrected chi connectivity index (χ0v) is 12.9. The second kappa shape index (κ2) is 6.90. The van der Waals surface area contributed by atoms with Gasteiger partial charge in [-0.3, -0.25) is 4.79 Å². The van der Waals surface area contributed by atoms with Crippen LogP contribution in [0.5, 0.6) is 0 Å². The lowest BCUT2D eigenvalue weighted by molar-refractivity contribution is -0.151. The molecule has 0 saturated heterocycles. The topological polar surface area (TPSA) is 58.6 Å². The summed E-state index contributed by atoms with van der Waals surface area (Å²) in [6, 6.07) is 0.613. The number of nitrogens with one attached hydrogen (secondary N) is 1. The highest BCUT2D eigenvalue weighted by atomic mass is 16.5. The predicted molar refractivity (Wildman–Crippen MR) is 78.3 cm³/mol. The highest BCUT2D eigenvalue weighted by molar-refractivity contribution is 5.72. The van der Waals surface area contributed by atoms with E-state index in [0.717, 1.165) is 18.8 Å². The fraction of sp³-hybridized carbons (Fsp3) is 0.938. The van der Waals surface area contributed by atoms with Crippen molar-refractivity contribution in [2.24, 2.45) is 11.8 Å². The smallest absolute Gasteiger partial charge is 0.308 e. The third kappa shape index (κ3) is 4.19. The van der Waals surface area contributed by atoms with Crippen molar-refractivity contribution in [3.05, 3.63) is 0 Å². The highest BCUT2D eigenvalue weighted by Gasteiger charge is 2.40. The third-order valence-corrected chi connectivity index (χ3v) is 4.81. The Kier molecular flexibility index (Phi) is 5.44. The number of hydrogen-bond donors (Lipinski definition) is 2. The molecule has 2 aliphatic rings. The molecule has 2 N–H and O–H groups in total. The molecule has 20 heavy (non-hydrogen) atoms. The maximum Gasteiger partial charge on any atom is 0.308 e. The van der Waals surface area contributed by atoms with Gasteiger partial charge in [-0.15, -0.1) is 0 Å². The van der Waals surface area contributed by atoms with Crippen LogP contribution in [-0.4, -0.2) is 35.9 Å². The van der Waals surface area contributed by atoms with Crippen molar-refractivity contribution in [3.8, 4) is 0 Å². The minimum atomic E-state index is -0.623. The molecular formula is C16H29NO3. The number of hydrogen-bond acceptors (Lipinski definition) is 4. The Labute approximate surface area is 122 Å². The zero-order chi connectivity index (χ0) is 14.6. The Balaban J connectivity index is 1.68. The first-order valence-electron chi connectivity index (χ1n) is 8.20. The number of rotatable bonds is 7. The second-order valence-corrected chi connectivity index (χ2v) is 6.52. The molecule has 0 heterocycles. The Bertz CT molecular complexity index is 324. The van der Waals surface area contributed by atoms with Gasteiger partial charge in [-0.2, -0.15) is 0 Å². The average molecular weight is 283 g/mol. The van der Waals surface area contributed by atoms with E-state index < -0.39 is 5.60 Å². The van der Waals surface area contributed by atoms with Crippen LogP contribution in [0.4, 0.5) is 0 Å². The number of aliphatic hydroxyl groups is 1. The van der Waals surface area contributed by atoms with Crippen LogP contribution in [0.25, 0.3) is 0 Å². The van der Waals surface area contributed by atoms with Gasteiger partial charge in [-0.05, 0) is 51.4 Å². The fourth-order valence-electron chi connectivity index (χ4n) is 3.34. The molecular weight excluding hydrogens is 254 g/mol. The lowest BCUT2D eigenvalue weighted by atomic mass is 9.78. The Hall–Kier alpha value is -0.610. The summed E-state index contributed by atoms with van der Waals surface area (Å²) in [5.74, 6) is 0.719. The molecule has 2 aliphatic carbocycles. The molecule has 2 rings (SSSR count). The van der Waals surface area contributed by atoms with Crippen LogP contribution in [0.3, 0.4) is 0 Å². The van der Waals surface area contributed by atoms with Gasteiger partial charge in [0.2, 0.25) is 0 Å². The van der Waals surface area contributed by atoms with Gasteiger partial charge in [-0.1, -0.05) is 13.3 Å². The summed E-state index contributed by atoms with van der Waals surface area (Å²) in [5.41, 5.74) is -0.623. The van der Waals surface area contributed by atoms with Crippen LogP contribution >= 0.6 is 0 Å². The molecule has 4 heteroatoms. The van der Waals surface area contributed by atoms with Gasteiger partial charge in [0.1, 0.15) is 0 Å². The van der Waals surface area contributed by atoms with Crippen molar-refractivity contribution in [1.82, 2.24) is 5.32 Å². The van der Waals surface area contributed by atoms with Crippen molar-refractivity contribution in [3.63, 3.8) is 0 Å². The first kappa shape index (κ1) is 15.8. The molecule has 0 radical (unpaired) electrons. The molecule has 2 atom stereocenters. The van der Waals surface area contributed by atoms with Crippen LogP contribution in [-0.2, 0) is 9.53 Å². The summed E-state index contributed by atoms with van der Waals surface area (Å²) >= 11 is 0. The Morgan fingerprint density at radius 3 is 2.65 bits per heavy atom. The number of esters is 1. The van der Waals surface area contributed by atoms with E-state index in [2.05, 4.69) is 12.2 Å². The maximum atomic E-state index is 11.7. The molecule has 116 valence electrons. The van der Waals surface area contributed by atoms with Crippen LogP contribution in [0, 0.1) is 11.8 Å². The van der Waals surface area contributed by atoms with E-state index in [9.17, 15) is 9.90 Å². The SMILES string of the molecule is CCCC1CC1NCC1(O)CCC(C(=O)OCC)CC1. The van der Waals surface area contributed by atoms with Crippen LogP contribution in [0.15, 0.2) is 0 Å². The van der Waals surface area contributed by atoms with E-state index in [1.54, 1.807) is 0 Å². The first-order chi connectivity index (χ1) is 9.58. The summed E-state index contributed by atoms with van der Waals surface area (Å²) in [7, 11) is 0. The summed E-state index contributed by atoms with van der Waals surface area (Å²) in [4.78, 5) is 11.7. The van der Waals surface area contributed by atoms with Gasteiger partial charge in [-0.25, -0.2) is 0 Å². The van der Waals surface area contributed by atoms with Crippen LogP contribution < -0.4 is 5.32 Å². The van der Waals surface area contributed by atoms with Gasteiger partial charge in [0.15, 0.2) is 0 Å². The van der Waals surface area contributed by atoms with Crippen molar-refractivity contribution < 1.29 is 14.6 Å². The van der Waals surface area contributed by atoms with E-state index in [1.165, 1.54) is 19.3 Å². The summed E-state index contributed by atoms with van der Waals surface area (Å²) < 4.78 is 5.06. The van der Waals surface area contributed by atoms with E-state index in [0.29, 0.717) is 32.0 Å². The zero-order valence-electron chi connectivity index (χ0n) is 12.9. The largest absolute Gasteiger partial charge is 0.466 e. The standard InChI is InChI=1S/C16H29NO3/c1-3-5-13-10-14(13)17-11-16(19)8-6-12(7-9-16)15(18)20-4-2/h12-14,17,19H,3-11H2,1-2H3. The van der Waals surface area contributed by atoms with Crippen LogP contribution in [0.1, 0.15) is 58.8 Å². The number of carbonyl (C=O) groups excluding carboxylic acids is 1. The van der Waals surface area contributed by atoms with Gasteiger partial charge in [0.25, 0.3) is 0 Å². The number of carbonyl (C=O) groups is 1. The van der Waals surface area contributed by atoms with Gasteiger partial charge in [0.05, 0.1) is 18.1 Å². The summed E-state index contributed by atoms with van der Waals surface area (Å²) in [5, 5.41) is 14.1. The van der Waals surface area contributed by atoms with Gasteiger partial charge < -0.3 is 15.2 Å². The number of ether oxygens (including phenoxy) is 1. The van der Waals surface area contributed by atoms with Gasteiger partial charge >= 0.3 is 5.97 Å². The van der Waals surface area contributed by atoms with Crippen molar-refractivity contribution in [2.45, 2.75) is 70.4 Å². The van der Waals surface area contributed by atoms with Crippen molar-refractivity contribution >= 4 is 5.97 Å². The molecule has 2 fully saturated rings. The Morgan fingerprint density at radius 2 is 2.05 bits per heavy atom. The predicted octanol–water partition coefficient (Wildman–Crippen LogP) is 2.25. The highest BCUT2D eigenvalue weighted by Crippen LogP contribution is 2.37. The minimum Gasteiger partial charge on any atom is -0.466 e. The molecule has 0 spiro atoms. The first-order valence-corrected chi connectivity index (χ1v) is 8.20.